The van der Waals surface area contributed by atoms with E-state index < -0.39 is 0 Å². The first-order valence-electron chi connectivity index (χ1n) is 10.8. The van der Waals surface area contributed by atoms with Crippen molar-refractivity contribution in [1.82, 2.24) is 10.2 Å². The van der Waals surface area contributed by atoms with Gasteiger partial charge in [-0.1, -0.05) is 72.8 Å². The van der Waals surface area contributed by atoms with E-state index in [4.69, 9.17) is 0 Å². The molecule has 0 bridgehead atoms. The molecule has 4 nitrogen and oxygen atoms in total. The van der Waals surface area contributed by atoms with E-state index >= 15 is 0 Å². The first kappa shape index (κ1) is 20.0. The zero-order valence-corrected chi connectivity index (χ0v) is 18.4. The number of benzene rings is 4. The Morgan fingerprint density at radius 2 is 1.38 bits per heavy atom. The van der Waals surface area contributed by atoms with Gasteiger partial charge >= 0.3 is 0 Å². The number of rotatable bonds is 4. The Morgan fingerprint density at radius 3 is 2.16 bits per heavy atom. The van der Waals surface area contributed by atoms with Gasteiger partial charge in [-0.2, -0.15) is 0 Å². The predicted molar refractivity (Wildman–Crippen MR) is 132 cm³/mol. The van der Waals surface area contributed by atoms with Crippen LogP contribution in [0.1, 0.15) is 29.7 Å². The van der Waals surface area contributed by atoms with Gasteiger partial charge in [-0.3, -0.25) is 0 Å². The molecule has 1 heterocycles. The molecule has 0 spiro atoms. The Labute approximate surface area is 187 Å². The van der Waals surface area contributed by atoms with Gasteiger partial charge in [-0.05, 0) is 65.1 Å². The van der Waals surface area contributed by atoms with Crippen molar-refractivity contribution >= 4 is 27.4 Å². The topological polar surface area (TPSA) is 58.0 Å². The average Bonchev–Trinajstić information content (AvgIpc) is 2.82. The smallest absolute Gasteiger partial charge is 0.152 e. The van der Waals surface area contributed by atoms with E-state index in [9.17, 15) is 5.11 Å². The largest absolute Gasteiger partial charge is 0.507 e. The lowest BCUT2D eigenvalue weighted by Gasteiger charge is -2.20. The maximum atomic E-state index is 10.7. The van der Waals surface area contributed by atoms with E-state index in [1.54, 1.807) is 6.07 Å². The Morgan fingerprint density at radius 1 is 0.719 bits per heavy atom. The number of fused-ring (bicyclic) bond motifs is 2. The monoisotopic (exact) mass is 419 g/mol. The van der Waals surface area contributed by atoms with Crippen molar-refractivity contribution in [3.05, 3.63) is 95.6 Å². The third kappa shape index (κ3) is 3.34. The highest BCUT2D eigenvalue weighted by Gasteiger charge is 2.18. The second-order valence-corrected chi connectivity index (χ2v) is 8.26. The van der Waals surface area contributed by atoms with Crippen LogP contribution in [0.2, 0.25) is 0 Å². The van der Waals surface area contributed by atoms with Crippen molar-refractivity contribution in [2.45, 2.75) is 26.8 Å². The van der Waals surface area contributed by atoms with Crippen LogP contribution >= 0.6 is 0 Å². The molecule has 32 heavy (non-hydrogen) atoms. The minimum atomic E-state index is 0.0605. The van der Waals surface area contributed by atoms with E-state index in [2.05, 4.69) is 64.9 Å². The molecule has 0 saturated carbocycles. The van der Waals surface area contributed by atoms with Gasteiger partial charge in [-0.15, -0.1) is 10.2 Å². The lowest BCUT2D eigenvalue weighted by Crippen LogP contribution is -2.12. The van der Waals surface area contributed by atoms with Crippen molar-refractivity contribution in [3.63, 3.8) is 0 Å². The summed E-state index contributed by atoms with van der Waals surface area (Å²) in [5.74, 6) is 0.969. The van der Waals surface area contributed by atoms with E-state index in [1.165, 1.54) is 16.3 Å². The highest BCUT2D eigenvalue weighted by molar-refractivity contribution is 5.99. The predicted octanol–water partition coefficient (Wildman–Crippen LogP) is 6.95. The molecule has 0 aliphatic carbocycles. The summed E-state index contributed by atoms with van der Waals surface area (Å²) in [5.41, 5.74) is 4.68. The van der Waals surface area contributed by atoms with Crippen LogP contribution in [0.5, 0.6) is 5.75 Å². The summed E-state index contributed by atoms with van der Waals surface area (Å²) in [6.45, 7) is 6.23. The summed E-state index contributed by atoms with van der Waals surface area (Å²) in [6, 6.07) is 26.5. The second kappa shape index (κ2) is 7.97. The number of nitrogens with zero attached hydrogens (tertiary/aromatic N) is 2. The number of phenols is 1. The molecule has 0 fully saturated rings. The summed E-state index contributed by atoms with van der Waals surface area (Å²) in [6.07, 6.45) is 0. The molecular formula is C28H25N3O. The van der Waals surface area contributed by atoms with Gasteiger partial charge in [-0.25, -0.2) is 0 Å². The number of nitrogens with one attached hydrogen (secondary N) is 1. The minimum Gasteiger partial charge on any atom is -0.507 e. The van der Waals surface area contributed by atoms with Gasteiger partial charge in [0.15, 0.2) is 5.82 Å². The standard InChI is InChI=1S/C28H25N3O/c1-17-18(2)28(29-19(3)22-14-8-11-20-9-4-6-12-23(20)22)31-30-27(17)26-24-13-7-5-10-21(24)15-16-25(26)32/h4-16,19,32H,1-3H3,(H,29,31)/t19-/m1/s1. The quantitative estimate of drug-likeness (QED) is 0.331. The van der Waals surface area contributed by atoms with Crippen LogP contribution in [0.3, 0.4) is 0 Å². The number of hydrogen-bond acceptors (Lipinski definition) is 4. The second-order valence-electron chi connectivity index (χ2n) is 8.26. The van der Waals surface area contributed by atoms with Crippen LogP contribution in [-0.2, 0) is 0 Å². The fraction of sp³-hybridized carbons (Fsp3) is 0.143. The molecule has 0 aliphatic rings. The lowest BCUT2D eigenvalue weighted by atomic mass is 9.96. The maximum Gasteiger partial charge on any atom is 0.152 e. The molecule has 0 unspecified atom stereocenters. The maximum absolute atomic E-state index is 10.7. The normalized spacial score (nSPS) is 12.2. The summed E-state index contributed by atoms with van der Waals surface area (Å²) in [7, 11) is 0. The van der Waals surface area contributed by atoms with Crippen LogP contribution < -0.4 is 5.32 Å². The zero-order valence-electron chi connectivity index (χ0n) is 18.4. The van der Waals surface area contributed by atoms with Gasteiger partial charge in [0, 0.05) is 0 Å². The average molecular weight is 420 g/mol. The molecule has 5 aromatic rings. The van der Waals surface area contributed by atoms with Crippen molar-refractivity contribution < 1.29 is 5.11 Å². The van der Waals surface area contributed by atoms with Crippen LogP contribution in [0.15, 0.2) is 78.9 Å². The molecule has 1 atom stereocenters. The molecule has 4 heteroatoms. The van der Waals surface area contributed by atoms with Gasteiger partial charge in [0.25, 0.3) is 0 Å². The number of aromatic nitrogens is 2. The van der Waals surface area contributed by atoms with Crippen molar-refractivity contribution in [1.29, 1.82) is 0 Å². The molecular weight excluding hydrogens is 394 g/mol. The van der Waals surface area contributed by atoms with Crippen LogP contribution in [-0.4, -0.2) is 15.3 Å². The van der Waals surface area contributed by atoms with E-state index in [1.807, 2.05) is 44.2 Å². The Balaban J connectivity index is 1.55. The summed E-state index contributed by atoms with van der Waals surface area (Å²) >= 11 is 0. The molecule has 0 aliphatic heterocycles. The van der Waals surface area contributed by atoms with E-state index in [0.717, 1.165) is 33.3 Å². The fourth-order valence-corrected chi connectivity index (χ4v) is 4.40. The van der Waals surface area contributed by atoms with Crippen molar-refractivity contribution in [3.8, 4) is 17.0 Å². The van der Waals surface area contributed by atoms with Gasteiger partial charge < -0.3 is 10.4 Å². The summed E-state index contributed by atoms with van der Waals surface area (Å²) in [5, 5.41) is 27.8. The van der Waals surface area contributed by atoms with Crippen LogP contribution in [0, 0.1) is 13.8 Å². The lowest BCUT2D eigenvalue weighted by molar-refractivity contribution is 0.477. The molecule has 4 aromatic carbocycles. The van der Waals surface area contributed by atoms with Crippen LogP contribution in [0.25, 0.3) is 32.8 Å². The van der Waals surface area contributed by atoms with E-state index in [0.29, 0.717) is 5.69 Å². The van der Waals surface area contributed by atoms with Gasteiger partial charge in [0.1, 0.15) is 11.4 Å². The van der Waals surface area contributed by atoms with E-state index in [-0.39, 0.29) is 11.8 Å². The fourth-order valence-electron chi connectivity index (χ4n) is 4.40. The van der Waals surface area contributed by atoms with Gasteiger partial charge in [0.2, 0.25) is 0 Å². The highest BCUT2D eigenvalue weighted by Crippen LogP contribution is 2.38. The third-order valence-corrected chi connectivity index (χ3v) is 6.31. The van der Waals surface area contributed by atoms with Crippen molar-refractivity contribution in [2.75, 3.05) is 5.32 Å². The summed E-state index contributed by atoms with van der Waals surface area (Å²) < 4.78 is 0. The molecule has 0 saturated heterocycles. The molecule has 0 amide bonds. The number of phenolic OH excluding ortho intramolecular Hbond substituents is 1. The Kier molecular flexibility index (Phi) is 4.98. The SMILES string of the molecule is Cc1c(N[C@H](C)c2cccc3ccccc23)nnc(-c2c(O)ccc3ccccc23)c1C. The summed E-state index contributed by atoms with van der Waals surface area (Å²) in [4.78, 5) is 0. The first-order chi connectivity index (χ1) is 15.5. The minimum absolute atomic E-state index is 0.0605. The number of anilines is 1. The number of hydrogen-bond donors (Lipinski definition) is 2. The molecule has 5 rings (SSSR count). The molecule has 158 valence electrons. The van der Waals surface area contributed by atoms with Crippen LogP contribution in [0.4, 0.5) is 5.82 Å². The highest BCUT2D eigenvalue weighted by atomic mass is 16.3. The molecule has 0 radical (unpaired) electrons. The zero-order chi connectivity index (χ0) is 22.2. The number of aromatic hydroxyl groups is 1. The Bertz CT molecular complexity index is 1450. The Hall–Kier alpha value is -3.92. The molecule has 2 N–H and O–H groups in total. The molecule has 1 aromatic heterocycles. The first-order valence-corrected chi connectivity index (χ1v) is 10.8. The van der Waals surface area contributed by atoms with Crippen molar-refractivity contribution in [2.24, 2.45) is 0 Å². The van der Waals surface area contributed by atoms with Gasteiger partial charge in [0.05, 0.1) is 11.6 Å². The third-order valence-electron chi connectivity index (χ3n) is 6.31.